The first-order valence-corrected chi connectivity index (χ1v) is 7.76. The molecule has 0 radical (unpaired) electrons. The summed E-state index contributed by atoms with van der Waals surface area (Å²) in [5.41, 5.74) is 0.799. The second-order valence-electron chi connectivity index (χ2n) is 4.73. The van der Waals surface area contributed by atoms with Crippen LogP contribution in [0.25, 0.3) is 0 Å². The van der Waals surface area contributed by atoms with E-state index in [1.54, 1.807) is 36.4 Å². The van der Waals surface area contributed by atoms with Crippen molar-refractivity contribution in [1.29, 1.82) is 0 Å². The van der Waals surface area contributed by atoms with E-state index in [0.717, 1.165) is 0 Å². The van der Waals surface area contributed by atoms with E-state index in [1.165, 1.54) is 18.2 Å². The van der Waals surface area contributed by atoms with Crippen LogP contribution in [0.1, 0.15) is 11.1 Å². The summed E-state index contributed by atoms with van der Waals surface area (Å²) < 4.78 is 25.7. The molecule has 1 N–H and O–H groups in total. The standard InChI is InChI=1S/C14H12N2O4S/c17-16(18)14(13-9-5-4-6-11(13)10-15-14)21(19,20)12-7-2-1-3-8-12/h1-9,15H,10H2. The Morgan fingerprint density at radius 2 is 1.67 bits per heavy atom. The first-order valence-electron chi connectivity index (χ1n) is 6.28. The van der Waals surface area contributed by atoms with Crippen molar-refractivity contribution in [3.8, 4) is 0 Å². The van der Waals surface area contributed by atoms with Gasteiger partial charge in [0.05, 0.1) is 15.4 Å². The first-order chi connectivity index (χ1) is 10.00. The fourth-order valence-electron chi connectivity index (χ4n) is 2.59. The minimum absolute atomic E-state index is 0.0779. The van der Waals surface area contributed by atoms with Gasteiger partial charge in [-0.05, 0) is 23.8 Å². The highest BCUT2D eigenvalue weighted by Gasteiger charge is 2.61. The number of nitro groups is 1. The summed E-state index contributed by atoms with van der Waals surface area (Å²) in [7, 11) is -4.22. The van der Waals surface area contributed by atoms with Crippen LogP contribution in [-0.2, 0) is 21.4 Å². The van der Waals surface area contributed by atoms with Crippen molar-refractivity contribution < 1.29 is 13.3 Å². The molecule has 0 saturated carbocycles. The average Bonchev–Trinajstić information content (AvgIpc) is 2.89. The number of hydrogen-bond donors (Lipinski definition) is 1. The van der Waals surface area contributed by atoms with Crippen molar-refractivity contribution >= 4 is 9.84 Å². The highest BCUT2D eigenvalue weighted by atomic mass is 32.2. The minimum Gasteiger partial charge on any atom is -0.261 e. The van der Waals surface area contributed by atoms with E-state index < -0.39 is 19.8 Å². The average molecular weight is 304 g/mol. The number of hydrogen-bond acceptors (Lipinski definition) is 5. The molecule has 0 fully saturated rings. The molecule has 7 heteroatoms. The zero-order chi connectivity index (χ0) is 15.1. The van der Waals surface area contributed by atoms with Gasteiger partial charge < -0.3 is 0 Å². The Morgan fingerprint density at radius 1 is 1.05 bits per heavy atom. The molecule has 0 aliphatic carbocycles. The molecule has 6 nitrogen and oxygen atoms in total. The summed E-state index contributed by atoms with van der Waals surface area (Å²) in [5.74, 6) is 0. The third-order valence-electron chi connectivity index (χ3n) is 3.60. The van der Waals surface area contributed by atoms with Gasteiger partial charge in [0, 0.05) is 6.54 Å². The number of sulfone groups is 1. The van der Waals surface area contributed by atoms with Gasteiger partial charge in [-0.1, -0.05) is 36.4 Å². The molecule has 3 rings (SSSR count). The Hall–Kier alpha value is -2.25. The molecular formula is C14H12N2O4S. The maximum absolute atomic E-state index is 12.9. The number of benzene rings is 2. The number of nitrogens with zero attached hydrogens (tertiary/aromatic N) is 1. The van der Waals surface area contributed by atoms with Crippen LogP contribution in [0.5, 0.6) is 0 Å². The first kappa shape index (κ1) is 13.7. The maximum atomic E-state index is 12.9. The summed E-state index contributed by atoms with van der Waals surface area (Å²) in [4.78, 5) is 8.50. The van der Waals surface area contributed by atoms with E-state index in [-0.39, 0.29) is 17.0 Å². The van der Waals surface area contributed by atoms with Crippen molar-refractivity contribution in [1.82, 2.24) is 5.32 Å². The molecule has 1 aliphatic heterocycles. The molecule has 1 unspecified atom stereocenters. The van der Waals surface area contributed by atoms with E-state index in [1.807, 2.05) is 0 Å². The van der Waals surface area contributed by atoms with E-state index in [4.69, 9.17) is 0 Å². The van der Waals surface area contributed by atoms with Crippen LogP contribution in [0, 0.1) is 10.1 Å². The zero-order valence-corrected chi connectivity index (χ0v) is 11.7. The molecule has 0 saturated heterocycles. The molecule has 1 aliphatic rings. The van der Waals surface area contributed by atoms with Crippen LogP contribution in [0.15, 0.2) is 59.5 Å². The van der Waals surface area contributed by atoms with Gasteiger partial charge in [-0.25, -0.2) is 13.7 Å². The third-order valence-corrected chi connectivity index (χ3v) is 5.78. The Balaban J connectivity index is 2.29. The van der Waals surface area contributed by atoms with Crippen molar-refractivity contribution in [3.05, 3.63) is 75.8 Å². The van der Waals surface area contributed by atoms with Crippen LogP contribution in [0.4, 0.5) is 0 Å². The summed E-state index contributed by atoms with van der Waals surface area (Å²) >= 11 is 0. The lowest BCUT2D eigenvalue weighted by atomic mass is 10.1. The van der Waals surface area contributed by atoms with E-state index >= 15 is 0 Å². The van der Waals surface area contributed by atoms with Crippen molar-refractivity contribution in [2.24, 2.45) is 0 Å². The Kier molecular flexibility index (Phi) is 3.03. The van der Waals surface area contributed by atoms with Gasteiger partial charge in [-0.3, -0.25) is 10.1 Å². The summed E-state index contributed by atoms with van der Waals surface area (Å²) in [5, 5.41) is 14.3. The Bertz CT molecular complexity index is 805. The molecule has 0 spiro atoms. The van der Waals surface area contributed by atoms with E-state index in [2.05, 4.69) is 5.32 Å². The van der Waals surface area contributed by atoms with Gasteiger partial charge in [-0.15, -0.1) is 0 Å². The molecular weight excluding hydrogens is 292 g/mol. The molecule has 21 heavy (non-hydrogen) atoms. The SMILES string of the molecule is O=[N+]([O-])C1(S(=O)(=O)c2ccccc2)NCc2ccccc21. The quantitative estimate of drug-likeness (QED) is 0.688. The number of nitrogens with one attached hydrogen (secondary N) is 1. The molecule has 0 amide bonds. The predicted octanol–water partition coefficient (Wildman–Crippen LogP) is 1.65. The second-order valence-corrected chi connectivity index (χ2v) is 6.80. The Morgan fingerprint density at radius 3 is 2.33 bits per heavy atom. The van der Waals surface area contributed by atoms with Crippen LogP contribution in [0.3, 0.4) is 0 Å². The number of rotatable bonds is 3. The molecule has 2 aromatic rings. The van der Waals surface area contributed by atoms with Crippen LogP contribution in [0.2, 0.25) is 0 Å². The van der Waals surface area contributed by atoms with Gasteiger partial charge in [0.15, 0.2) is 0 Å². The molecule has 0 aromatic heterocycles. The number of fused-ring (bicyclic) bond motifs is 1. The fourth-order valence-corrected chi connectivity index (χ4v) is 4.39. The Labute approximate surface area is 121 Å². The van der Waals surface area contributed by atoms with Gasteiger partial charge >= 0.3 is 4.99 Å². The van der Waals surface area contributed by atoms with E-state index in [9.17, 15) is 18.5 Å². The second kappa shape index (κ2) is 4.64. The molecule has 0 bridgehead atoms. The predicted molar refractivity (Wildman–Crippen MR) is 75.6 cm³/mol. The van der Waals surface area contributed by atoms with Gasteiger partial charge in [0.25, 0.3) is 9.84 Å². The summed E-state index contributed by atoms with van der Waals surface area (Å²) in [6, 6.07) is 14.0. The monoisotopic (exact) mass is 304 g/mol. The lowest BCUT2D eigenvalue weighted by Gasteiger charge is -2.21. The lowest BCUT2D eigenvalue weighted by molar-refractivity contribution is -0.555. The topological polar surface area (TPSA) is 89.3 Å². The van der Waals surface area contributed by atoms with Crippen LogP contribution >= 0.6 is 0 Å². The highest BCUT2D eigenvalue weighted by Crippen LogP contribution is 2.39. The lowest BCUT2D eigenvalue weighted by Crippen LogP contribution is -2.51. The van der Waals surface area contributed by atoms with Crippen molar-refractivity contribution in [2.45, 2.75) is 16.4 Å². The molecule has 1 heterocycles. The largest absolute Gasteiger partial charge is 0.405 e. The highest BCUT2D eigenvalue weighted by molar-refractivity contribution is 7.92. The zero-order valence-electron chi connectivity index (χ0n) is 10.9. The minimum atomic E-state index is -4.22. The van der Waals surface area contributed by atoms with Crippen LogP contribution in [-0.4, -0.2) is 13.3 Å². The molecule has 2 aromatic carbocycles. The van der Waals surface area contributed by atoms with Crippen molar-refractivity contribution in [2.75, 3.05) is 0 Å². The third kappa shape index (κ3) is 1.78. The molecule has 1 atom stereocenters. The maximum Gasteiger partial charge on any atom is 0.405 e. The summed E-state index contributed by atoms with van der Waals surface area (Å²) in [6.07, 6.45) is 0. The van der Waals surface area contributed by atoms with Gasteiger partial charge in [0.1, 0.15) is 0 Å². The summed E-state index contributed by atoms with van der Waals surface area (Å²) in [6.45, 7) is 0.142. The van der Waals surface area contributed by atoms with Crippen LogP contribution < -0.4 is 5.32 Å². The van der Waals surface area contributed by atoms with Gasteiger partial charge in [-0.2, -0.15) is 0 Å². The fraction of sp³-hybridized carbons (Fsp3) is 0.143. The molecule has 108 valence electrons. The normalized spacial score (nSPS) is 21.0. The van der Waals surface area contributed by atoms with E-state index in [0.29, 0.717) is 5.56 Å². The van der Waals surface area contributed by atoms with Crippen molar-refractivity contribution in [3.63, 3.8) is 0 Å². The smallest absolute Gasteiger partial charge is 0.261 e. The van der Waals surface area contributed by atoms with Gasteiger partial charge in [0.2, 0.25) is 0 Å².